The maximum atomic E-state index is 13.5. The van der Waals surface area contributed by atoms with Crippen molar-refractivity contribution in [3.8, 4) is 11.5 Å². The number of hydrogen-bond donors (Lipinski definition) is 1. The van der Waals surface area contributed by atoms with Crippen LogP contribution in [0.4, 0.5) is 29.2 Å². The van der Waals surface area contributed by atoms with Crippen molar-refractivity contribution in [2.24, 2.45) is 0 Å². The molecule has 0 saturated heterocycles. The highest BCUT2D eigenvalue weighted by Gasteiger charge is 2.31. The first kappa shape index (κ1) is 22.4. The van der Waals surface area contributed by atoms with Gasteiger partial charge in [0, 0.05) is 11.8 Å². The molecule has 0 aliphatic heterocycles. The maximum Gasteiger partial charge on any atom is 0.573 e. The van der Waals surface area contributed by atoms with Crippen molar-refractivity contribution in [2.45, 2.75) is 19.8 Å². The van der Waals surface area contributed by atoms with Gasteiger partial charge in [-0.05, 0) is 36.2 Å². The average molecular weight is 458 g/mol. The van der Waals surface area contributed by atoms with Crippen molar-refractivity contribution in [3.63, 3.8) is 0 Å². The molecule has 0 aliphatic carbocycles. The zero-order valence-corrected chi connectivity index (χ0v) is 17.0. The summed E-state index contributed by atoms with van der Waals surface area (Å²) in [6.45, 7) is 1.77. The molecule has 164 valence electrons. The first-order valence-corrected chi connectivity index (χ1v) is 9.16. The maximum absolute atomic E-state index is 13.5. The Morgan fingerprint density at radius 3 is 2.58 bits per heavy atom. The van der Waals surface area contributed by atoms with E-state index in [1.807, 2.05) is 0 Å². The summed E-state index contributed by atoms with van der Waals surface area (Å²) < 4.78 is 61.6. The Bertz CT molecular complexity index is 1170. The van der Waals surface area contributed by atoms with Crippen molar-refractivity contribution in [1.29, 1.82) is 0 Å². The first-order chi connectivity index (χ1) is 14.6. The van der Waals surface area contributed by atoms with E-state index in [4.69, 9.17) is 16.3 Å². The quantitative estimate of drug-likeness (QED) is 0.525. The number of nitrogens with one attached hydrogen (secondary N) is 1. The third kappa shape index (κ3) is 5.66. The summed E-state index contributed by atoms with van der Waals surface area (Å²) in [7, 11) is 1.30. The SMILES string of the molecule is COc1cn(Cc2ccc(F)c(Cl)c2)c(Nc2cc(OC(F)(F)F)ccc2C)nc1=O. The molecule has 0 saturated carbocycles. The summed E-state index contributed by atoms with van der Waals surface area (Å²) in [5.74, 6) is -1.05. The van der Waals surface area contributed by atoms with E-state index in [9.17, 15) is 22.4 Å². The van der Waals surface area contributed by atoms with E-state index >= 15 is 0 Å². The standard InChI is InChI=1S/C20H16ClF4N3O3/c1-11-3-5-13(31-20(23,24)25)8-16(11)26-19-27-18(29)17(30-2)10-28(19)9-12-4-6-15(22)14(21)7-12/h3-8,10H,9H2,1-2H3,(H,26,27,29). The van der Waals surface area contributed by atoms with E-state index in [-0.39, 0.29) is 29.0 Å². The smallest absolute Gasteiger partial charge is 0.490 e. The molecule has 3 rings (SSSR count). The molecular weight excluding hydrogens is 442 g/mol. The predicted octanol–water partition coefficient (Wildman–Crippen LogP) is 5.04. The average Bonchev–Trinajstić information content (AvgIpc) is 2.68. The van der Waals surface area contributed by atoms with Gasteiger partial charge in [-0.1, -0.05) is 23.7 Å². The molecule has 2 aromatic carbocycles. The molecule has 0 atom stereocenters. The Morgan fingerprint density at radius 1 is 1.19 bits per heavy atom. The number of ether oxygens (including phenoxy) is 2. The van der Waals surface area contributed by atoms with Gasteiger partial charge in [-0.25, -0.2) is 4.39 Å². The van der Waals surface area contributed by atoms with Crippen LogP contribution >= 0.6 is 11.6 Å². The van der Waals surface area contributed by atoms with Gasteiger partial charge in [0.05, 0.1) is 24.9 Å². The third-order valence-electron chi connectivity index (χ3n) is 4.21. The number of hydrogen-bond acceptors (Lipinski definition) is 5. The Balaban J connectivity index is 2.00. The van der Waals surface area contributed by atoms with Crippen molar-refractivity contribution in [3.05, 3.63) is 74.9 Å². The van der Waals surface area contributed by atoms with Gasteiger partial charge in [-0.15, -0.1) is 13.2 Å². The van der Waals surface area contributed by atoms with E-state index in [0.717, 1.165) is 6.07 Å². The molecule has 0 bridgehead atoms. The number of rotatable bonds is 6. The minimum absolute atomic E-state index is 0.0264. The van der Waals surface area contributed by atoms with Crippen molar-refractivity contribution >= 4 is 23.2 Å². The number of aryl methyl sites for hydroxylation is 1. The zero-order chi connectivity index (χ0) is 22.8. The molecule has 0 spiro atoms. The number of methoxy groups -OCH3 is 1. The number of benzene rings is 2. The fourth-order valence-electron chi connectivity index (χ4n) is 2.72. The van der Waals surface area contributed by atoms with Gasteiger partial charge < -0.3 is 19.4 Å². The summed E-state index contributed by atoms with van der Waals surface area (Å²) in [6, 6.07) is 7.84. The van der Waals surface area contributed by atoms with Gasteiger partial charge in [0.2, 0.25) is 11.7 Å². The van der Waals surface area contributed by atoms with Crippen LogP contribution < -0.4 is 20.3 Å². The second-order valence-electron chi connectivity index (χ2n) is 6.46. The monoisotopic (exact) mass is 457 g/mol. The Labute approximate surface area is 179 Å². The lowest BCUT2D eigenvalue weighted by Gasteiger charge is -2.17. The van der Waals surface area contributed by atoms with Crippen LogP contribution in [0, 0.1) is 12.7 Å². The van der Waals surface area contributed by atoms with Gasteiger partial charge >= 0.3 is 11.9 Å². The molecule has 31 heavy (non-hydrogen) atoms. The molecule has 1 aromatic heterocycles. The summed E-state index contributed by atoms with van der Waals surface area (Å²) >= 11 is 5.83. The lowest BCUT2D eigenvalue weighted by molar-refractivity contribution is -0.274. The molecule has 11 heteroatoms. The molecule has 1 N–H and O–H groups in total. The zero-order valence-electron chi connectivity index (χ0n) is 16.3. The highest BCUT2D eigenvalue weighted by atomic mass is 35.5. The molecule has 6 nitrogen and oxygen atoms in total. The highest BCUT2D eigenvalue weighted by molar-refractivity contribution is 6.30. The summed E-state index contributed by atoms with van der Waals surface area (Å²) in [4.78, 5) is 16.1. The fourth-order valence-corrected chi connectivity index (χ4v) is 2.92. The lowest BCUT2D eigenvalue weighted by Crippen LogP contribution is -2.19. The lowest BCUT2D eigenvalue weighted by atomic mass is 10.2. The van der Waals surface area contributed by atoms with E-state index in [2.05, 4.69) is 15.0 Å². The fraction of sp³-hybridized carbons (Fsp3) is 0.200. The molecule has 1 heterocycles. The molecule has 0 aliphatic rings. The Morgan fingerprint density at radius 2 is 1.94 bits per heavy atom. The number of alkyl halides is 3. The number of halogens is 5. The van der Waals surface area contributed by atoms with Gasteiger partial charge in [0.25, 0.3) is 0 Å². The summed E-state index contributed by atoms with van der Waals surface area (Å²) in [6.07, 6.45) is -3.48. The number of aromatic nitrogens is 2. The van der Waals surface area contributed by atoms with Gasteiger partial charge in [0.15, 0.2) is 0 Å². The van der Waals surface area contributed by atoms with Crippen LogP contribution in [-0.2, 0) is 6.54 Å². The molecule has 0 amide bonds. The normalized spacial score (nSPS) is 11.3. The highest BCUT2D eigenvalue weighted by Crippen LogP contribution is 2.29. The largest absolute Gasteiger partial charge is 0.573 e. The van der Waals surface area contributed by atoms with Gasteiger partial charge in [0.1, 0.15) is 11.6 Å². The minimum Gasteiger partial charge on any atom is -0.490 e. The predicted molar refractivity (Wildman–Crippen MR) is 107 cm³/mol. The molecule has 0 fully saturated rings. The second-order valence-corrected chi connectivity index (χ2v) is 6.87. The Kier molecular flexibility index (Phi) is 6.40. The topological polar surface area (TPSA) is 65.4 Å². The summed E-state index contributed by atoms with van der Waals surface area (Å²) in [5, 5.41) is 2.76. The van der Waals surface area contributed by atoms with Crippen LogP contribution in [0.5, 0.6) is 11.5 Å². The van der Waals surface area contributed by atoms with E-state index in [1.54, 1.807) is 6.92 Å². The van der Waals surface area contributed by atoms with Crippen LogP contribution in [0.2, 0.25) is 5.02 Å². The molecular formula is C20H16ClF4N3O3. The molecule has 3 aromatic rings. The van der Waals surface area contributed by atoms with Crippen LogP contribution in [0.15, 0.2) is 47.4 Å². The molecule has 0 radical (unpaired) electrons. The van der Waals surface area contributed by atoms with Gasteiger partial charge in [-0.2, -0.15) is 4.98 Å². The van der Waals surface area contributed by atoms with Gasteiger partial charge in [-0.3, -0.25) is 4.79 Å². The number of nitrogens with zero attached hydrogens (tertiary/aromatic N) is 2. The van der Waals surface area contributed by atoms with E-state index < -0.39 is 23.5 Å². The number of anilines is 2. The van der Waals surface area contributed by atoms with Crippen LogP contribution in [0.1, 0.15) is 11.1 Å². The summed E-state index contributed by atoms with van der Waals surface area (Å²) in [5.41, 5.74) is 0.729. The second kappa shape index (κ2) is 8.84. The first-order valence-electron chi connectivity index (χ1n) is 8.78. The van der Waals surface area contributed by atoms with Crippen molar-refractivity contribution < 1.29 is 27.0 Å². The van der Waals surface area contributed by atoms with Crippen LogP contribution in [0.3, 0.4) is 0 Å². The minimum atomic E-state index is -4.85. The van der Waals surface area contributed by atoms with Crippen LogP contribution in [-0.4, -0.2) is 23.0 Å². The Hall–Kier alpha value is -3.27. The van der Waals surface area contributed by atoms with Crippen molar-refractivity contribution in [2.75, 3.05) is 12.4 Å². The van der Waals surface area contributed by atoms with Crippen molar-refractivity contribution in [1.82, 2.24) is 9.55 Å². The third-order valence-corrected chi connectivity index (χ3v) is 4.50. The van der Waals surface area contributed by atoms with E-state index in [0.29, 0.717) is 11.1 Å². The van der Waals surface area contributed by atoms with E-state index in [1.165, 1.54) is 48.2 Å². The molecule has 0 unspecified atom stereocenters. The van der Waals surface area contributed by atoms with Crippen LogP contribution in [0.25, 0.3) is 0 Å².